The van der Waals surface area contributed by atoms with Crippen molar-refractivity contribution in [3.63, 3.8) is 0 Å². The molecular formula is C46H73N3O5. The lowest BCUT2D eigenvalue weighted by atomic mass is 9.23. The van der Waals surface area contributed by atoms with Gasteiger partial charge in [0.15, 0.2) is 0 Å². The Bertz CT molecular complexity index is 1610. The van der Waals surface area contributed by atoms with Crippen LogP contribution in [0.5, 0.6) is 0 Å². The van der Waals surface area contributed by atoms with E-state index in [1.807, 2.05) is 13.8 Å². The zero-order chi connectivity index (χ0) is 39.6. The lowest BCUT2D eigenvalue weighted by molar-refractivity contribution is -0.344. The number of ether oxygens (including phenoxy) is 1. The monoisotopic (exact) mass is 748 g/mol. The first kappa shape index (κ1) is 39.8. The molecule has 3 amide bonds. The summed E-state index contributed by atoms with van der Waals surface area (Å²) in [6, 6.07) is -0.0941. The van der Waals surface area contributed by atoms with Gasteiger partial charge < -0.3 is 10.1 Å². The molecule has 7 rings (SSSR count). The third-order valence-electron chi connectivity index (χ3n) is 19.6. The molecule has 8 nitrogen and oxygen atoms in total. The summed E-state index contributed by atoms with van der Waals surface area (Å²) in [5.41, 5.74) is 6.31. The van der Waals surface area contributed by atoms with Crippen LogP contribution in [0.4, 0.5) is 0 Å². The van der Waals surface area contributed by atoms with Crippen LogP contribution in [0.15, 0.2) is 12.2 Å². The Hall–Kier alpha value is -2.38. The van der Waals surface area contributed by atoms with Gasteiger partial charge in [0.25, 0.3) is 0 Å². The molecule has 0 aromatic rings. The van der Waals surface area contributed by atoms with Crippen LogP contribution < -0.4 is 16.2 Å². The van der Waals surface area contributed by atoms with Gasteiger partial charge in [0.1, 0.15) is 6.10 Å². The van der Waals surface area contributed by atoms with E-state index in [9.17, 15) is 19.2 Å². The third-order valence-corrected chi connectivity index (χ3v) is 19.6. The molecule has 8 heteroatoms. The van der Waals surface area contributed by atoms with Crippen LogP contribution in [0.1, 0.15) is 160 Å². The second-order valence-corrected chi connectivity index (χ2v) is 22.0. The van der Waals surface area contributed by atoms with E-state index in [0.29, 0.717) is 36.5 Å². The molecule has 7 fully saturated rings. The molecule has 14 atom stereocenters. The van der Waals surface area contributed by atoms with Crippen molar-refractivity contribution in [2.45, 2.75) is 172 Å². The molecule has 0 aliphatic heterocycles. The number of hydrazine groups is 1. The van der Waals surface area contributed by atoms with E-state index in [1.165, 1.54) is 31.3 Å². The minimum absolute atomic E-state index is 0.00706. The topological polar surface area (TPSA) is 114 Å². The molecule has 0 aromatic carbocycles. The quantitative estimate of drug-likeness (QED) is 0.137. The number of carbonyl (C=O) groups is 4. The molecule has 302 valence electrons. The molecule has 54 heavy (non-hydrogen) atoms. The molecule has 0 saturated heterocycles. The van der Waals surface area contributed by atoms with E-state index < -0.39 is 10.8 Å². The molecule has 7 saturated carbocycles. The van der Waals surface area contributed by atoms with Crippen LogP contribution in [-0.2, 0) is 23.9 Å². The Morgan fingerprint density at radius 3 is 2.11 bits per heavy atom. The second-order valence-electron chi connectivity index (χ2n) is 22.0. The van der Waals surface area contributed by atoms with E-state index in [4.69, 9.17) is 4.74 Å². The number of fused-ring (bicyclic) bond motifs is 6. The fraction of sp³-hybridized carbons (Fsp3) is 0.870. The molecule has 0 bridgehead atoms. The highest BCUT2D eigenvalue weighted by Crippen LogP contribution is 2.85. The molecular weight excluding hydrogens is 675 g/mol. The summed E-state index contributed by atoms with van der Waals surface area (Å²) in [4.78, 5) is 52.7. The number of hydrogen-bond donors (Lipinski definition) is 3. The third kappa shape index (κ3) is 5.10. The molecule has 14 unspecified atom stereocenters. The number of amides is 3. The summed E-state index contributed by atoms with van der Waals surface area (Å²) in [5, 5.41) is 3.56. The lowest BCUT2D eigenvalue weighted by Gasteiger charge is -2.81. The minimum Gasteiger partial charge on any atom is -0.462 e. The number of esters is 1. The smallest absolute Gasteiger partial charge is 0.302 e. The second kappa shape index (κ2) is 12.8. The Kier molecular flexibility index (Phi) is 9.45. The van der Waals surface area contributed by atoms with Gasteiger partial charge in [-0.1, -0.05) is 74.5 Å². The Morgan fingerprint density at radius 2 is 1.50 bits per heavy atom. The SMILES string of the molecule is C=C(C)C1CCC2(C(=O)NC3CC(C(=O)NNC(=O)CC(C)C)C3(C)C)CCC3(C)C(CCC4C3(C)CCC35CC(C)C3(C)C(OC(C)=O)CCC45C)C12. The van der Waals surface area contributed by atoms with Gasteiger partial charge in [-0.15, -0.1) is 0 Å². The normalized spacial score (nSPS) is 48.2. The predicted octanol–water partition coefficient (Wildman–Crippen LogP) is 8.69. The average Bonchev–Trinajstić information content (AvgIpc) is 3.49. The van der Waals surface area contributed by atoms with Crippen LogP contribution in [0.3, 0.4) is 0 Å². The molecule has 7 aliphatic rings. The van der Waals surface area contributed by atoms with E-state index in [2.05, 4.69) is 78.1 Å². The van der Waals surface area contributed by atoms with E-state index >= 15 is 0 Å². The zero-order valence-corrected chi connectivity index (χ0v) is 35.6. The highest BCUT2D eigenvalue weighted by molar-refractivity contribution is 5.87. The fourth-order valence-corrected chi connectivity index (χ4v) is 16.2. The minimum atomic E-state index is -0.425. The number of allylic oxidation sites excluding steroid dienone is 1. The first-order valence-corrected chi connectivity index (χ1v) is 21.8. The van der Waals surface area contributed by atoms with Gasteiger partial charge in [0, 0.05) is 30.7 Å². The van der Waals surface area contributed by atoms with Gasteiger partial charge in [0.2, 0.25) is 17.7 Å². The van der Waals surface area contributed by atoms with Crippen molar-refractivity contribution < 1.29 is 23.9 Å². The largest absolute Gasteiger partial charge is 0.462 e. The predicted molar refractivity (Wildman–Crippen MR) is 211 cm³/mol. The van der Waals surface area contributed by atoms with Crippen molar-refractivity contribution in [3.8, 4) is 0 Å². The van der Waals surface area contributed by atoms with Gasteiger partial charge in [-0.3, -0.25) is 30.0 Å². The van der Waals surface area contributed by atoms with Crippen molar-refractivity contribution in [3.05, 3.63) is 12.2 Å². The summed E-state index contributed by atoms with van der Waals surface area (Å²) in [7, 11) is 0. The number of rotatable bonds is 7. The van der Waals surface area contributed by atoms with Crippen LogP contribution >= 0.6 is 0 Å². The molecule has 0 radical (unpaired) electrons. The highest BCUT2D eigenvalue weighted by Gasteiger charge is 2.80. The van der Waals surface area contributed by atoms with E-state index in [-0.39, 0.29) is 80.7 Å². The number of nitrogens with one attached hydrogen (secondary N) is 3. The van der Waals surface area contributed by atoms with Crippen molar-refractivity contribution in [1.82, 2.24) is 16.2 Å². The maximum absolute atomic E-state index is 15.0. The van der Waals surface area contributed by atoms with Crippen LogP contribution in [-0.4, -0.2) is 35.8 Å². The maximum atomic E-state index is 15.0. The summed E-state index contributed by atoms with van der Waals surface area (Å²) in [6.45, 7) is 29.2. The fourth-order valence-electron chi connectivity index (χ4n) is 16.2. The summed E-state index contributed by atoms with van der Waals surface area (Å²) in [5.74, 6) is 1.82. The maximum Gasteiger partial charge on any atom is 0.302 e. The zero-order valence-electron chi connectivity index (χ0n) is 35.6. The van der Waals surface area contributed by atoms with Gasteiger partial charge in [0.05, 0.1) is 5.41 Å². The van der Waals surface area contributed by atoms with Crippen molar-refractivity contribution in [2.24, 2.45) is 79.3 Å². The highest BCUT2D eigenvalue weighted by atomic mass is 16.5. The number of carbonyl (C=O) groups excluding carboxylic acids is 4. The van der Waals surface area contributed by atoms with Gasteiger partial charge in [-0.2, -0.15) is 0 Å². The summed E-state index contributed by atoms with van der Waals surface area (Å²) >= 11 is 0. The Morgan fingerprint density at radius 1 is 0.815 bits per heavy atom. The Balaban J connectivity index is 1.12. The van der Waals surface area contributed by atoms with Crippen molar-refractivity contribution >= 4 is 23.7 Å². The molecule has 0 heterocycles. The lowest BCUT2D eigenvalue weighted by Crippen LogP contribution is -2.77. The summed E-state index contributed by atoms with van der Waals surface area (Å²) < 4.78 is 6.15. The van der Waals surface area contributed by atoms with Crippen molar-refractivity contribution in [1.29, 1.82) is 0 Å². The average molecular weight is 748 g/mol. The van der Waals surface area contributed by atoms with E-state index in [1.54, 1.807) is 6.92 Å². The van der Waals surface area contributed by atoms with Gasteiger partial charge in [-0.05, 0) is 147 Å². The number of hydrogen-bond acceptors (Lipinski definition) is 5. The first-order chi connectivity index (χ1) is 25.1. The van der Waals surface area contributed by atoms with Gasteiger partial charge >= 0.3 is 5.97 Å². The molecule has 1 spiro atoms. The molecule has 3 N–H and O–H groups in total. The summed E-state index contributed by atoms with van der Waals surface area (Å²) in [6.07, 6.45) is 12.9. The van der Waals surface area contributed by atoms with E-state index in [0.717, 1.165) is 44.9 Å². The molecule has 0 aromatic heterocycles. The van der Waals surface area contributed by atoms with Crippen LogP contribution in [0.2, 0.25) is 0 Å². The van der Waals surface area contributed by atoms with Crippen LogP contribution in [0.25, 0.3) is 0 Å². The Labute approximate surface area is 326 Å². The van der Waals surface area contributed by atoms with Crippen LogP contribution in [0, 0.1) is 79.3 Å². The molecule has 7 aliphatic carbocycles. The van der Waals surface area contributed by atoms with Gasteiger partial charge in [-0.25, -0.2) is 0 Å². The standard InChI is InChI=1S/C46H73N3O5/c1-26(2)23-36(51)48-49-38(52)32-24-34(40(32,7)8)47-39(53)45-18-15-30(27(3)4)37(45)31-13-14-33-42(10,41(31,9)19-21-45)20-22-46-25-28(5)44(46,12)35(54-29(6)50)16-17-43(33,46)11/h26,28,30-35,37H,3,13-25H2,1-2,4-12H3,(H,47,53)(H,48,51)(H,49,52). The van der Waals surface area contributed by atoms with Crippen molar-refractivity contribution in [2.75, 3.05) is 0 Å². The first-order valence-electron chi connectivity index (χ1n) is 21.8.